The number of benzene rings is 6. The maximum Gasteiger partial charge on any atom is 0.247 e. The molecule has 4 heteroatoms. The van der Waals surface area contributed by atoms with Gasteiger partial charge in [0.15, 0.2) is 0 Å². The van der Waals surface area contributed by atoms with E-state index in [-0.39, 0.29) is 18.0 Å². The number of rotatable bonds is 6. The lowest BCUT2D eigenvalue weighted by Crippen LogP contribution is -2.57. The topological polar surface area (TPSA) is 9.72 Å². The predicted molar refractivity (Wildman–Crippen MR) is 241 cm³/mol. The van der Waals surface area contributed by atoms with E-state index >= 15 is 0 Å². The van der Waals surface area contributed by atoms with Crippen LogP contribution < -0.4 is 25.6 Å². The summed E-state index contributed by atoms with van der Waals surface area (Å²) < 4.78 is 0. The van der Waals surface area contributed by atoms with Gasteiger partial charge in [-0.2, -0.15) is 0 Å². The Balaban J connectivity index is 1.18. The molecule has 11 rings (SSSR count). The zero-order chi connectivity index (χ0) is 38.1. The fourth-order valence-corrected chi connectivity index (χ4v) is 10.5. The Morgan fingerprint density at radius 3 is 1.98 bits per heavy atom. The van der Waals surface area contributed by atoms with Crippen LogP contribution in [0.5, 0.6) is 0 Å². The van der Waals surface area contributed by atoms with Crippen LogP contribution in [0.25, 0.3) is 11.1 Å². The Hall–Kier alpha value is -6.52. The molecule has 3 aliphatic carbocycles. The summed E-state index contributed by atoms with van der Waals surface area (Å²) in [6, 6.07) is 55.9. The molecule has 2 atom stereocenters. The highest BCUT2D eigenvalue weighted by molar-refractivity contribution is 6.95. The first kappa shape index (κ1) is 33.8. The van der Waals surface area contributed by atoms with E-state index in [4.69, 9.17) is 0 Å². The molecule has 2 heterocycles. The van der Waals surface area contributed by atoms with Crippen molar-refractivity contribution in [1.82, 2.24) is 0 Å². The molecule has 6 aromatic rings. The molecule has 3 nitrogen and oxygen atoms in total. The van der Waals surface area contributed by atoms with Crippen LogP contribution in [-0.2, 0) is 0 Å². The Morgan fingerprint density at radius 1 is 0.596 bits per heavy atom. The standard InChI is InChI=1S/C53H44BN3/c1-53(2)45-30-16-15-29-44(45)50-52(53)57(42-28-17-21-38(35-42)37-19-7-3-8-20-37)48-32-18-31-47-51(48)54(50)46-34-33-43(36-49(46)56(47)41-26-13-6-14-27-41)55(39-22-9-4-10-23-39)40-24-11-5-12-25-40/h3-5,7-13,15-36,44-45H,6,14H2,1-2H3. The summed E-state index contributed by atoms with van der Waals surface area (Å²) in [5.41, 5.74) is 17.7. The Bertz CT molecular complexity index is 2650. The molecule has 0 spiro atoms. The second-order valence-corrected chi connectivity index (χ2v) is 16.4. The highest BCUT2D eigenvalue weighted by Gasteiger charge is 2.56. The van der Waals surface area contributed by atoms with Crippen molar-refractivity contribution in [3.05, 3.63) is 211 Å². The van der Waals surface area contributed by atoms with Gasteiger partial charge in [-0.15, -0.1) is 0 Å². The molecule has 57 heavy (non-hydrogen) atoms. The summed E-state index contributed by atoms with van der Waals surface area (Å²) in [7, 11) is 0. The van der Waals surface area contributed by atoms with Crippen molar-refractivity contribution in [2.24, 2.45) is 17.3 Å². The fourth-order valence-electron chi connectivity index (χ4n) is 10.5. The lowest BCUT2D eigenvalue weighted by Gasteiger charge is -2.46. The van der Waals surface area contributed by atoms with E-state index < -0.39 is 0 Å². The van der Waals surface area contributed by atoms with Crippen LogP contribution in [0.1, 0.15) is 26.7 Å². The molecule has 2 unspecified atom stereocenters. The number of hydrogen-bond acceptors (Lipinski definition) is 3. The maximum absolute atomic E-state index is 2.65. The van der Waals surface area contributed by atoms with Gasteiger partial charge in [-0.25, -0.2) is 0 Å². The molecule has 5 aliphatic rings. The fraction of sp³-hybridized carbons (Fsp3) is 0.132. The number of nitrogens with zero attached hydrogens (tertiary/aromatic N) is 3. The lowest BCUT2D eigenvalue weighted by atomic mass is 9.31. The SMILES string of the molecule is CC1(C)C2=C(B3c4ccc(N(c5ccccc5)c5ccccc5)cc4N(C4=CCCC=C4)c4cccc(c43)N2c2cccc(-c3ccccc3)c2)C2C=CC=CC21. The second kappa shape index (κ2) is 13.3. The van der Waals surface area contributed by atoms with Gasteiger partial charge in [0, 0.05) is 56.6 Å². The summed E-state index contributed by atoms with van der Waals surface area (Å²) in [4.78, 5) is 7.61. The Labute approximate surface area is 337 Å². The lowest BCUT2D eigenvalue weighted by molar-refractivity contribution is 0.313. The van der Waals surface area contributed by atoms with Crippen LogP contribution in [-0.4, -0.2) is 6.71 Å². The normalized spacial score (nSPS) is 19.5. The van der Waals surface area contributed by atoms with E-state index in [1.807, 2.05) is 0 Å². The van der Waals surface area contributed by atoms with Gasteiger partial charge in [0.2, 0.25) is 6.71 Å². The van der Waals surface area contributed by atoms with Gasteiger partial charge in [0.1, 0.15) is 0 Å². The van der Waals surface area contributed by atoms with Crippen molar-refractivity contribution in [2.75, 3.05) is 14.7 Å². The maximum atomic E-state index is 2.65. The Kier molecular flexibility index (Phi) is 7.89. The van der Waals surface area contributed by atoms with Gasteiger partial charge >= 0.3 is 0 Å². The van der Waals surface area contributed by atoms with Crippen molar-refractivity contribution < 1.29 is 0 Å². The smallest absolute Gasteiger partial charge is 0.247 e. The highest BCUT2D eigenvalue weighted by Crippen LogP contribution is 2.59. The minimum absolute atomic E-state index is 0.0977. The number of fused-ring (bicyclic) bond motifs is 5. The molecule has 274 valence electrons. The third kappa shape index (κ3) is 5.27. The second-order valence-electron chi connectivity index (χ2n) is 16.4. The summed E-state index contributed by atoms with van der Waals surface area (Å²) >= 11 is 0. The van der Waals surface area contributed by atoms with Crippen LogP contribution in [0.3, 0.4) is 0 Å². The first-order chi connectivity index (χ1) is 28.1. The van der Waals surface area contributed by atoms with Gasteiger partial charge in [0.25, 0.3) is 0 Å². The van der Waals surface area contributed by atoms with E-state index in [9.17, 15) is 0 Å². The molecule has 0 saturated heterocycles. The van der Waals surface area contributed by atoms with Gasteiger partial charge in [-0.1, -0.05) is 147 Å². The largest absolute Gasteiger partial charge is 0.315 e. The molecule has 6 aromatic carbocycles. The summed E-state index contributed by atoms with van der Waals surface area (Å²) in [5.74, 6) is 0.630. The molecule has 0 N–H and O–H groups in total. The Morgan fingerprint density at radius 2 is 1.26 bits per heavy atom. The van der Waals surface area contributed by atoms with Crippen LogP contribution >= 0.6 is 0 Å². The monoisotopic (exact) mass is 733 g/mol. The van der Waals surface area contributed by atoms with Crippen molar-refractivity contribution in [1.29, 1.82) is 0 Å². The van der Waals surface area contributed by atoms with E-state index in [1.54, 1.807) is 0 Å². The molecule has 0 fully saturated rings. The first-order valence-electron chi connectivity index (χ1n) is 20.5. The average Bonchev–Trinajstić information content (AvgIpc) is 3.51. The number of allylic oxidation sites excluding steroid dienone is 9. The predicted octanol–water partition coefficient (Wildman–Crippen LogP) is 12.5. The molecule has 0 amide bonds. The third-order valence-electron chi connectivity index (χ3n) is 12.9. The van der Waals surface area contributed by atoms with Crippen molar-refractivity contribution in [2.45, 2.75) is 26.7 Å². The summed E-state index contributed by atoms with van der Waals surface area (Å²) in [6.45, 7) is 5.06. The highest BCUT2D eigenvalue weighted by atomic mass is 15.2. The van der Waals surface area contributed by atoms with Crippen molar-refractivity contribution >= 4 is 57.5 Å². The van der Waals surface area contributed by atoms with Gasteiger partial charge in [0.05, 0.1) is 0 Å². The number of para-hydroxylation sites is 2. The quantitative estimate of drug-likeness (QED) is 0.158. The molecule has 0 aromatic heterocycles. The van der Waals surface area contributed by atoms with Gasteiger partial charge in [-0.05, 0) is 113 Å². The number of anilines is 7. The first-order valence-corrected chi connectivity index (χ1v) is 20.5. The van der Waals surface area contributed by atoms with Crippen molar-refractivity contribution in [3.63, 3.8) is 0 Å². The summed E-state index contributed by atoms with van der Waals surface area (Å²) in [6.07, 6.45) is 18.7. The molecule has 2 aliphatic heterocycles. The molecule has 0 saturated carbocycles. The van der Waals surface area contributed by atoms with Crippen LogP contribution in [0, 0.1) is 17.3 Å². The van der Waals surface area contributed by atoms with Crippen LogP contribution in [0.4, 0.5) is 39.8 Å². The third-order valence-corrected chi connectivity index (χ3v) is 12.9. The minimum Gasteiger partial charge on any atom is -0.315 e. The van der Waals surface area contributed by atoms with Gasteiger partial charge in [-0.3, -0.25) is 0 Å². The zero-order valence-electron chi connectivity index (χ0n) is 32.5. The zero-order valence-corrected chi connectivity index (χ0v) is 32.5. The molecular weight excluding hydrogens is 689 g/mol. The van der Waals surface area contributed by atoms with E-state index in [2.05, 4.69) is 223 Å². The van der Waals surface area contributed by atoms with Crippen LogP contribution in [0.2, 0.25) is 0 Å². The van der Waals surface area contributed by atoms with E-state index in [0.717, 1.165) is 29.9 Å². The molecular formula is C53H44BN3. The molecule has 0 radical (unpaired) electrons. The molecule has 0 bridgehead atoms. The van der Waals surface area contributed by atoms with Gasteiger partial charge < -0.3 is 14.7 Å². The van der Waals surface area contributed by atoms with Crippen LogP contribution in [0.15, 0.2) is 211 Å². The van der Waals surface area contributed by atoms with E-state index in [0.29, 0.717) is 5.92 Å². The average molecular weight is 734 g/mol. The summed E-state index contributed by atoms with van der Waals surface area (Å²) in [5, 5.41) is 0. The van der Waals surface area contributed by atoms with Crippen molar-refractivity contribution in [3.8, 4) is 11.1 Å². The number of hydrogen-bond donors (Lipinski definition) is 0. The van der Waals surface area contributed by atoms with E-state index in [1.165, 1.54) is 61.7 Å². The minimum atomic E-state index is -0.124.